The van der Waals surface area contributed by atoms with E-state index < -0.39 is 29.6 Å². The number of halogens is 2. The lowest BCUT2D eigenvalue weighted by Crippen LogP contribution is -2.27. The minimum Gasteiger partial charge on any atom is -0.469 e. The van der Waals surface area contributed by atoms with Crippen molar-refractivity contribution in [2.45, 2.75) is 53.1 Å². The number of anilines is 1. The summed E-state index contributed by atoms with van der Waals surface area (Å²) in [7, 11) is 1.02. The van der Waals surface area contributed by atoms with Crippen molar-refractivity contribution in [1.82, 2.24) is 5.32 Å². The Kier molecular flexibility index (Phi) is 10.5. The highest BCUT2D eigenvalue weighted by atomic mass is 32.1. The number of nitrogens with one attached hydrogen (secondary N) is 2. The number of hydrogen-bond donors (Lipinski definition) is 2. The van der Waals surface area contributed by atoms with Gasteiger partial charge in [-0.2, -0.15) is 0 Å². The summed E-state index contributed by atoms with van der Waals surface area (Å²) in [5, 5.41) is 7.78. The number of esters is 1. The van der Waals surface area contributed by atoms with Gasteiger partial charge in [0.1, 0.15) is 17.9 Å². The van der Waals surface area contributed by atoms with Crippen LogP contribution in [0, 0.1) is 18.8 Å². The van der Waals surface area contributed by atoms with Gasteiger partial charge in [0.25, 0.3) is 5.92 Å². The molecule has 1 aliphatic rings. The summed E-state index contributed by atoms with van der Waals surface area (Å²) in [6, 6.07) is 9.90. The van der Waals surface area contributed by atoms with E-state index in [0.717, 1.165) is 34.4 Å². The van der Waals surface area contributed by atoms with Gasteiger partial charge in [-0.05, 0) is 73.9 Å². The second kappa shape index (κ2) is 13.6. The van der Waals surface area contributed by atoms with Gasteiger partial charge in [-0.3, -0.25) is 9.59 Å². The Balaban J connectivity index is 1.80. The van der Waals surface area contributed by atoms with Crippen molar-refractivity contribution in [1.29, 1.82) is 0 Å². The number of amides is 1. The first kappa shape index (κ1) is 31.6. The molecule has 6 nitrogen and oxygen atoms in total. The smallest absolute Gasteiger partial charge is 0.315 e. The highest BCUT2D eigenvalue weighted by molar-refractivity contribution is 7.11. The summed E-state index contributed by atoms with van der Waals surface area (Å²) in [6.07, 6.45) is 5.81. The summed E-state index contributed by atoms with van der Waals surface area (Å²) in [4.78, 5) is 25.4. The number of carbonyl (C=O) groups excluding carboxylic acids is 2. The van der Waals surface area contributed by atoms with Crippen LogP contribution in [0.2, 0.25) is 0 Å². The number of benzene rings is 1. The van der Waals surface area contributed by atoms with Crippen LogP contribution in [0.15, 0.2) is 83.4 Å². The van der Waals surface area contributed by atoms with Crippen molar-refractivity contribution in [3.63, 3.8) is 0 Å². The van der Waals surface area contributed by atoms with E-state index in [9.17, 15) is 18.4 Å². The molecule has 1 aliphatic carbocycles. The Morgan fingerprint density at radius 1 is 1.20 bits per heavy atom. The van der Waals surface area contributed by atoms with Crippen LogP contribution in [0.25, 0.3) is 5.57 Å². The first-order valence-corrected chi connectivity index (χ1v) is 14.1. The fourth-order valence-electron chi connectivity index (χ4n) is 4.49. The van der Waals surface area contributed by atoms with Crippen LogP contribution in [0.1, 0.15) is 56.2 Å². The molecule has 3 unspecified atom stereocenters. The second-order valence-electron chi connectivity index (χ2n) is 9.78. The molecule has 1 fully saturated rings. The quantitative estimate of drug-likeness (QED) is 0.116. The third kappa shape index (κ3) is 7.43. The van der Waals surface area contributed by atoms with Gasteiger partial charge in [0.2, 0.25) is 11.8 Å². The normalized spacial score (nSPS) is 19.1. The Morgan fingerprint density at radius 2 is 1.90 bits per heavy atom. The molecule has 0 bridgehead atoms. The monoisotopic (exact) mass is 582 g/mol. The lowest BCUT2D eigenvalue weighted by molar-refractivity contribution is -0.145. The number of thiophene rings is 1. The molecule has 1 saturated carbocycles. The Morgan fingerprint density at radius 3 is 2.54 bits per heavy atom. The van der Waals surface area contributed by atoms with Crippen molar-refractivity contribution in [2.24, 2.45) is 11.8 Å². The number of methoxy groups -OCH3 is 1. The molecule has 1 amide bonds. The zero-order chi connectivity index (χ0) is 30.3. The third-order valence-electron chi connectivity index (χ3n) is 6.84. The Hall–Kier alpha value is -3.94. The number of hydrogen-bond acceptors (Lipinski definition) is 6. The highest BCUT2D eigenvalue weighted by Crippen LogP contribution is 2.56. The van der Waals surface area contributed by atoms with Crippen molar-refractivity contribution in [3.8, 4) is 0 Å². The summed E-state index contributed by atoms with van der Waals surface area (Å²) in [6.45, 7) is 13.4. The van der Waals surface area contributed by atoms with E-state index >= 15 is 0 Å². The van der Waals surface area contributed by atoms with Crippen LogP contribution < -0.4 is 10.6 Å². The third-order valence-corrected chi connectivity index (χ3v) is 7.89. The van der Waals surface area contributed by atoms with E-state index in [-0.39, 0.29) is 6.10 Å². The van der Waals surface area contributed by atoms with E-state index in [1.54, 1.807) is 19.1 Å². The minimum atomic E-state index is -3.44. The lowest BCUT2D eigenvalue weighted by Gasteiger charge is -2.19. The minimum absolute atomic E-state index is 0.230. The van der Waals surface area contributed by atoms with E-state index in [1.807, 2.05) is 69.5 Å². The topological polar surface area (TPSA) is 76.7 Å². The molecule has 1 aromatic heterocycles. The molecule has 3 rings (SSSR count). The molecule has 41 heavy (non-hydrogen) atoms. The number of allylic oxidation sites excluding steroid dienone is 5. The summed E-state index contributed by atoms with van der Waals surface area (Å²) >= 11 is 1.50. The zero-order valence-electron chi connectivity index (χ0n) is 24.1. The first-order valence-electron chi connectivity index (χ1n) is 13.2. The first-order chi connectivity index (χ1) is 19.5. The van der Waals surface area contributed by atoms with E-state index in [2.05, 4.69) is 27.7 Å². The van der Waals surface area contributed by atoms with E-state index in [0.29, 0.717) is 23.6 Å². The lowest BCUT2D eigenvalue weighted by atomic mass is 10.0. The molecule has 1 heterocycles. The number of carbonyl (C=O) groups is 2. The molecule has 218 valence electrons. The predicted octanol–water partition coefficient (Wildman–Crippen LogP) is 7.69. The van der Waals surface area contributed by atoms with Crippen LogP contribution in [0.5, 0.6) is 0 Å². The number of rotatable bonds is 12. The van der Waals surface area contributed by atoms with Gasteiger partial charge in [0.05, 0.1) is 17.7 Å². The molecule has 0 radical (unpaired) electrons. The van der Waals surface area contributed by atoms with Gasteiger partial charge in [-0.15, -0.1) is 11.3 Å². The summed E-state index contributed by atoms with van der Waals surface area (Å²) in [5.41, 5.74) is 7.72. The maximum atomic E-state index is 14.2. The van der Waals surface area contributed by atoms with E-state index in [1.165, 1.54) is 11.3 Å². The molecule has 2 N–H and O–H groups in total. The molecule has 0 spiro atoms. The molecule has 9 heteroatoms. The average Bonchev–Trinajstić information content (AvgIpc) is 3.25. The summed E-state index contributed by atoms with van der Waals surface area (Å²) < 4.78 is 38.9. The van der Waals surface area contributed by atoms with Gasteiger partial charge < -0.3 is 20.1 Å². The van der Waals surface area contributed by atoms with E-state index in [4.69, 9.17) is 4.74 Å². The molecule has 3 atom stereocenters. The van der Waals surface area contributed by atoms with Gasteiger partial charge in [0.15, 0.2) is 0 Å². The molecule has 2 aromatic rings. The van der Waals surface area contributed by atoms with Crippen LogP contribution in [0.3, 0.4) is 0 Å². The highest BCUT2D eigenvalue weighted by Gasteiger charge is 2.76. The number of aryl methyl sites for hydroxylation is 1. The van der Waals surface area contributed by atoms with Gasteiger partial charge in [-0.1, -0.05) is 55.7 Å². The van der Waals surface area contributed by atoms with Crippen LogP contribution in [-0.4, -0.2) is 24.9 Å². The van der Waals surface area contributed by atoms with Crippen molar-refractivity contribution in [3.05, 3.63) is 99.4 Å². The van der Waals surface area contributed by atoms with Gasteiger partial charge >= 0.3 is 5.97 Å². The van der Waals surface area contributed by atoms with Gasteiger partial charge in [0, 0.05) is 5.70 Å². The maximum Gasteiger partial charge on any atom is 0.315 e. The average molecular weight is 583 g/mol. The number of alkyl halides is 2. The maximum absolute atomic E-state index is 14.2. The summed E-state index contributed by atoms with van der Waals surface area (Å²) in [5.74, 6) is -8.63. The van der Waals surface area contributed by atoms with Crippen molar-refractivity contribution in [2.75, 3.05) is 12.4 Å². The Bertz CT molecular complexity index is 1430. The molecule has 0 aliphatic heterocycles. The Labute approximate surface area is 244 Å². The molecule has 1 aromatic carbocycles. The van der Waals surface area contributed by atoms with Crippen LogP contribution >= 0.6 is 11.3 Å². The van der Waals surface area contributed by atoms with Gasteiger partial charge in [-0.25, -0.2) is 8.78 Å². The van der Waals surface area contributed by atoms with Crippen molar-refractivity contribution >= 4 is 34.5 Å². The fourth-order valence-corrected chi connectivity index (χ4v) is 5.33. The van der Waals surface area contributed by atoms with Crippen LogP contribution in [-0.2, 0) is 19.1 Å². The predicted molar refractivity (Wildman–Crippen MR) is 159 cm³/mol. The SMILES string of the molecule is C=C=C(Nc1ccsc1/C(C)=C/C=C(NC(=O)C1C(C(=O)OC)C1(F)F)\C(C)=C\CC)OC(C)c1ccccc1C. The largest absolute Gasteiger partial charge is 0.469 e. The molecular formula is C32H36F2N2O4S. The van der Waals surface area contributed by atoms with Crippen molar-refractivity contribution < 1.29 is 27.8 Å². The second-order valence-corrected chi connectivity index (χ2v) is 10.7. The van der Waals surface area contributed by atoms with Crippen LogP contribution in [0.4, 0.5) is 14.5 Å². The zero-order valence-corrected chi connectivity index (χ0v) is 25.0. The molecule has 0 saturated heterocycles. The fraction of sp³-hybridized carbons (Fsp3) is 0.344. The standard InChI is InChI=1S/C32H36F2N2O4S/c1-8-12-20(4)24(36-30(37)27-28(31(38)39-7)32(27,33)34)16-15-21(5)29-25(17-18-41-29)35-26(9-2)40-22(6)23-14-11-10-13-19(23)3/h10-18,22,27-28,35H,2,8H2,1,3-7H3,(H,36,37)/b20-12+,21-15+,24-16+. The molecular weight excluding hydrogens is 546 g/mol. The number of ether oxygens (including phenoxy) is 2.